The number of hydrogen-bond donors (Lipinski definition) is 1. The van der Waals surface area contributed by atoms with E-state index in [0.717, 1.165) is 16.8 Å². The number of amides is 1. The van der Waals surface area contributed by atoms with Crippen molar-refractivity contribution < 1.29 is 14.3 Å². The number of nitrogens with one attached hydrogen (secondary N) is 1. The van der Waals surface area contributed by atoms with Crippen molar-refractivity contribution >= 4 is 22.4 Å². The molecule has 1 heterocycles. The van der Waals surface area contributed by atoms with Crippen LogP contribution in [0.25, 0.3) is 10.8 Å². The highest BCUT2D eigenvalue weighted by Crippen LogP contribution is 2.43. The summed E-state index contributed by atoms with van der Waals surface area (Å²) in [5.41, 5.74) is 3.09. The molecule has 4 nitrogen and oxygen atoms in total. The lowest BCUT2D eigenvalue weighted by Crippen LogP contribution is -2.23. The van der Waals surface area contributed by atoms with E-state index in [0.29, 0.717) is 17.9 Å². The van der Waals surface area contributed by atoms with Crippen molar-refractivity contribution in [3.8, 4) is 11.5 Å². The highest BCUT2D eigenvalue weighted by molar-refractivity contribution is 6.01. The van der Waals surface area contributed by atoms with Gasteiger partial charge in [-0.1, -0.05) is 36.4 Å². The molecule has 3 aromatic rings. The average molecular weight is 333 g/mol. The number of carbonyl (C=O) groups excluding carboxylic acids is 1. The Balaban J connectivity index is 1.92. The lowest BCUT2D eigenvalue weighted by atomic mass is 9.82. The molecule has 0 spiro atoms. The van der Waals surface area contributed by atoms with E-state index in [1.54, 1.807) is 14.2 Å². The third kappa shape index (κ3) is 2.60. The van der Waals surface area contributed by atoms with E-state index in [2.05, 4.69) is 17.4 Å². The Morgan fingerprint density at radius 2 is 1.76 bits per heavy atom. The first-order valence-corrected chi connectivity index (χ1v) is 8.24. The van der Waals surface area contributed by atoms with Crippen molar-refractivity contribution in [2.75, 3.05) is 19.5 Å². The summed E-state index contributed by atoms with van der Waals surface area (Å²) in [7, 11) is 3.24. The van der Waals surface area contributed by atoms with Crippen molar-refractivity contribution in [2.45, 2.75) is 12.3 Å². The van der Waals surface area contributed by atoms with Crippen molar-refractivity contribution in [1.82, 2.24) is 0 Å². The molecule has 1 atom stereocenters. The van der Waals surface area contributed by atoms with Crippen LogP contribution in [-0.4, -0.2) is 20.1 Å². The summed E-state index contributed by atoms with van der Waals surface area (Å²) in [6, 6.07) is 18.2. The van der Waals surface area contributed by atoms with E-state index in [1.807, 2.05) is 42.5 Å². The van der Waals surface area contributed by atoms with Crippen LogP contribution < -0.4 is 14.8 Å². The highest BCUT2D eigenvalue weighted by atomic mass is 16.5. The maximum absolute atomic E-state index is 12.3. The zero-order valence-corrected chi connectivity index (χ0v) is 14.2. The standard InChI is InChI=1S/C21H19NO3/c1-24-18-10-8-14(11-19(18)25-2)16-12-20(23)22-17-9-7-13-5-3-4-6-15(13)21(16)17/h3-11,16H,12H2,1-2H3,(H,22,23). The third-order valence-corrected chi connectivity index (χ3v) is 4.79. The number of hydrogen-bond acceptors (Lipinski definition) is 3. The van der Waals surface area contributed by atoms with E-state index >= 15 is 0 Å². The van der Waals surface area contributed by atoms with E-state index in [9.17, 15) is 4.79 Å². The molecule has 0 bridgehead atoms. The van der Waals surface area contributed by atoms with Gasteiger partial charge in [-0.3, -0.25) is 4.79 Å². The fourth-order valence-corrected chi connectivity index (χ4v) is 3.62. The van der Waals surface area contributed by atoms with Gasteiger partial charge in [0.25, 0.3) is 0 Å². The molecule has 0 radical (unpaired) electrons. The Labute approximate surface area is 146 Å². The molecule has 0 aliphatic carbocycles. The van der Waals surface area contributed by atoms with Crippen LogP contribution in [0.2, 0.25) is 0 Å². The van der Waals surface area contributed by atoms with Gasteiger partial charge in [-0.15, -0.1) is 0 Å². The van der Waals surface area contributed by atoms with Gasteiger partial charge in [0.2, 0.25) is 5.91 Å². The summed E-state index contributed by atoms with van der Waals surface area (Å²) in [6.07, 6.45) is 0.413. The second-order valence-corrected chi connectivity index (χ2v) is 6.17. The van der Waals surface area contributed by atoms with Gasteiger partial charge in [0, 0.05) is 18.0 Å². The quantitative estimate of drug-likeness (QED) is 0.776. The van der Waals surface area contributed by atoms with Gasteiger partial charge < -0.3 is 14.8 Å². The topological polar surface area (TPSA) is 47.6 Å². The lowest BCUT2D eigenvalue weighted by molar-refractivity contribution is -0.116. The van der Waals surface area contributed by atoms with Gasteiger partial charge in [-0.25, -0.2) is 0 Å². The summed E-state index contributed by atoms with van der Waals surface area (Å²) in [5.74, 6) is 1.37. The highest BCUT2D eigenvalue weighted by Gasteiger charge is 2.28. The van der Waals surface area contributed by atoms with Crippen molar-refractivity contribution in [2.24, 2.45) is 0 Å². The van der Waals surface area contributed by atoms with E-state index < -0.39 is 0 Å². The monoisotopic (exact) mass is 333 g/mol. The minimum absolute atomic E-state index is 0.0188. The molecule has 1 aliphatic heterocycles. The van der Waals surface area contributed by atoms with Crippen LogP contribution in [0.5, 0.6) is 11.5 Å². The summed E-state index contributed by atoms with van der Waals surface area (Å²) in [6.45, 7) is 0. The van der Waals surface area contributed by atoms with Crippen LogP contribution in [0.4, 0.5) is 5.69 Å². The molecule has 1 unspecified atom stereocenters. The van der Waals surface area contributed by atoms with Crippen LogP contribution in [-0.2, 0) is 4.79 Å². The number of methoxy groups -OCH3 is 2. The molecule has 1 amide bonds. The third-order valence-electron chi connectivity index (χ3n) is 4.79. The zero-order valence-electron chi connectivity index (χ0n) is 14.2. The van der Waals surface area contributed by atoms with Gasteiger partial charge in [-0.2, -0.15) is 0 Å². The summed E-state index contributed by atoms with van der Waals surface area (Å²) in [4.78, 5) is 12.3. The number of carbonyl (C=O) groups is 1. The molecule has 0 fully saturated rings. The van der Waals surface area contributed by atoms with Crippen LogP contribution >= 0.6 is 0 Å². The molecule has 0 saturated heterocycles. The number of rotatable bonds is 3. The molecule has 3 aromatic carbocycles. The summed E-state index contributed by atoms with van der Waals surface area (Å²) >= 11 is 0. The molecule has 1 N–H and O–H groups in total. The molecular formula is C21H19NO3. The molecular weight excluding hydrogens is 314 g/mol. The SMILES string of the molecule is COc1ccc(C2CC(=O)Nc3ccc4ccccc4c32)cc1OC. The molecule has 0 saturated carbocycles. The van der Waals surface area contributed by atoms with Crippen LogP contribution in [0.3, 0.4) is 0 Å². The Morgan fingerprint density at radius 3 is 2.56 bits per heavy atom. The summed E-state index contributed by atoms with van der Waals surface area (Å²) < 4.78 is 10.8. The Morgan fingerprint density at radius 1 is 0.960 bits per heavy atom. The molecule has 1 aliphatic rings. The Bertz CT molecular complexity index is 965. The predicted molar refractivity (Wildman–Crippen MR) is 98.6 cm³/mol. The average Bonchev–Trinajstić information content (AvgIpc) is 2.66. The second-order valence-electron chi connectivity index (χ2n) is 6.17. The maximum atomic E-state index is 12.3. The zero-order chi connectivity index (χ0) is 17.4. The van der Waals surface area contributed by atoms with E-state index in [4.69, 9.17) is 9.47 Å². The van der Waals surface area contributed by atoms with Crippen molar-refractivity contribution in [3.63, 3.8) is 0 Å². The molecule has 4 rings (SSSR count). The fourth-order valence-electron chi connectivity index (χ4n) is 3.62. The molecule has 0 aromatic heterocycles. The molecule has 25 heavy (non-hydrogen) atoms. The van der Waals surface area contributed by atoms with Crippen LogP contribution in [0.1, 0.15) is 23.5 Å². The normalized spacial score (nSPS) is 16.2. The van der Waals surface area contributed by atoms with Gasteiger partial charge >= 0.3 is 0 Å². The van der Waals surface area contributed by atoms with Crippen molar-refractivity contribution in [1.29, 1.82) is 0 Å². The number of ether oxygens (including phenoxy) is 2. The van der Waals surface area contributed by atoms with E-state index in [1.165, 1.54) is 10.8 Å². The van der Waals surface area contributed by atoms with E-state index in [-0.39, 0.29) is 11.8 Å². The number of anilines is 1. The molecule has 4 heteroatoms. The van der Waals surface area contributed by atoms with Gasteiger partial charge in [0.15, 0.2) is 11.5 Å². The predicted octanol–water partition coefficient (Wildman–Crippen LogP) is 4.33. The Hall–Kier alpha value is -3.01. The number of fused-ring (bicyclic) bond motifs is 3. The number of benzene rings is 3. The smallest absolute Gasteiger partial charge is 0.225 e. The second kappa shape index (κ2) is 6.13. The Kier molecular flexibility index (Phi) is 3.80. The minimum Gasteiger partial charge on any atom is -0.493 e. The van der Waals surface area contributed by atoms with Gasteiger partial charge in [0.1, 0.15) is 0 Å². The van der Waals surface area contributed by atoms with Crippen molar-refractivity contribution in [3.05, 3.63) is 65.7 Å². The minimum atomic E-state index is -0.0188. The van der Waals surface area contributed by atoms with Gasteiger partial charge in [-0.05, 0) is 40.1 Å². The first-order valence-electron chi connectivity index (χ1n) is 8.24. The maximum Gasteiger partial charge on any atom is 0.225 e. The van der Waals surface area contributed by atoms with Crippen LogP contribution in [0, 0.1) is 0 Å². The molecule has 126 valence electrons. The first kappa shape index (κ1) is 15.5. The van der Waals surface area contributed by atoms with Gasteiger partial charge in [0.05, 0.1) is 14.2 Å². The summed E-state index contributed by atoms with van der Waals surface area (Å²) in [5, 5.41) is 5.34. The largest absolute Gasteiger partial charge is 0.493 e. The fraction of sp³-hybridized carbons (Fsp3) is 0.190. The first-order chi connectivity index (χ1) is 12.2. The van der Waals surface area contributed by atoms with Crippen LogP contribution in [0.15, 0.2) is 54.6 Å². The lowest BCUT2D eigenvalue weighted by Gasteiger charge is -2.28.